The second-order valence-corrected chi connectivity index (χ2v) is 3.55. The van der Waals surface area contributed by atoms with Gasteiger partial charge in [0.1, 0.15) is 5.15 Å². The molecule has 2 aromatic rings. The van der Waals surface area contributed by atoms with E-state index < -0.39 is 0 Å². The van der Waals surface area contributed by atoms with Gasteiger partial charge in [0, 0.05) is 6.20 Å². The Bertz CT molecular complexity index is 370. The highest BCUT2D eigenvalue weighted by Crippen LogP contribution is 2.23. The molecule has 0 saturated carbocycles. The van der Waals surface area contributed by atoms with Gasteiger partial charge in [0.05, 0.1) is 0 Å². The van der Waals surface area contributed by atoms with Crippen molar-refractivity contribution in [1.82, 2.24) is 4.98 Å². The second-order valence-electron chi connectivity index (χ2n) is 2.38. The molecule has 12 heavy (non-hydrogen) atoms. The average molecular weight is 196 g/mol. The molecule has 0 aromatic carbocycles. The molecule has 0 bridgehead atoms. The molecule has 0 fully saturated rings. The molecule has 60 valence electrons. The smallest absolute Gasteiger partial charge is 0.129 e. The van der Waals surface area contributed by atoms with Crippen molar-refractivity contribution in [1.29, 1.82) is 0 Å². The zero-order valence-corrected chi connectivity index (χ0v) is 7.77. The van der Waals surface area contributed by atoms with Crippen molar-refractivity contribution in [2.75, 3.05) is 0 Å². The zero-order chi connectivity index (χ0) is 8.39. The average Bonchev–Trinajstić information content (AvgIpc) is 2.56. The van der Waals surface area contributed by atoms with Gasteiger partial charge in [0.15, 0.2) is 0 Å². The van der Waals surface area contributed by atoms with Crippen molar-refractivity contribution in [3.05, 3.63) is 40.3 Å². The van der Waals surface area contributed by atoms with Gasteiger partial charge < -0.3 is 0 Å². The van der Waals surface area contributed by atoms with Gasteiger partial charge >= 0.3 is 0 Å². The summed E-state index contributed by atoms with van der Waals surface area (Å²) in [6.07, 6.45) is 1.72. The quantitative estimate of drug-likeness (QED) is 0.635. The van der Waals surface area contributed by atoms with E-state index in [1.807, 2.05) is 17.5 Å². The van der Waals surface area contributed by atoms with E-state index in [2.05, 4.69) is 16.4 Å². The first-order chi connectivity index (χ1) is 5.86. The summed E-state index contributed by atoms with van der Waals surface area (Å²) in [5.41, 5.74) is 2.32. The summed E-state index contributed by atoms with van der Waals surface area (Å²) < 4.78 is 0. The van der Waals surface area contributed by atoms with Gasteiger partial charge in [-0.2, -0.15) is 11.3 Å². The molecule has 0 N–H and O–H groups in total. The van der Waals surface area contributed by atoms with Crippen LogP contribution in [-0.4, -0.2) is 4.98 Å². The van der Waals surface area contributed by atoms with Crippen molar-refractivity contribution in [3.8, 4) is 11.1 Å². The zero-order valence-electron chi connectivity index (χ0n) is 6.20. The van der Waals surface area contributed by atoms with E-state index in [-0.39, 0.29) is 0 Å². The van der Waals surface area contributed by atoms with Gasteiger partial charge in [-0.05, 0) is 40.1 Å². The van der Waals surface area contributed by atoms with Gasteiger partial charge in [0.2, 0.25) is 0 Å². The van der Waals surface area contributed by atoms with Crippen LogP contribution in [0.15, 0.2) is 35.2 Å². The molecule has 0 amide bonds. The Labute approximate surface area is 79.7 Å². The number of rotatable bonds is 1. The molecule has 0 radical (unpaired) electrons. The maximum Gasteiger partial charge on any atom is 0.129 e. The SMILES string of the molecule is Clc1cc(-c2ccsc2)ccn1. The van der Waals surface area contributed by atoms with Crippen molar-refractivity contribution in [3.63, 3.8) is 0 Å². The minimum absolute atomic E-state index is 0.540. The van der Waals surface area contributed by atoms with Gasteiger partial charge in [-0.1, -0.05) is 11.6 Å². The van der Waals surface area contributed by atoms with Crippen molar-refractivity contribution in [2.45, 2.75) is 0 Å². The first kappa shape index (κ1) is 7.77. The molecule has 0 aliphatic heterocycles. The predicted molar refractivity (Wildman–Crippen MR) is 52.6 cm³/mol. The summed E-state index contributed by atoms with van der Waals surface area (Å²) in [6, 6.07) is 5.88. The first-order valence-electron chi connectivity index (χ1n) is 3.50. The summed E-state index contributed by atoms with van der Waals surface area (Å²) in [7, 11) is 0. The highest BCUT2D eigenvalue weighted by atomic mass is 35.5. The summed E-state index contributed by atoms with van der Waals surface area (Å²) in [5, 5.41) is 4.67. The number of halogens is 1. The number of hydrogen-bond donors (Lipinski definition) is 0. The van der Waals surface area contributed by atoms with Crippen molar-refractivity contribution < 1.29 is 0 Å². The Morgan fingerprint density at radius 2 is 2.17 bits per heavy atom. The molecule has 3 heteroatoms. The molecular weight excluding hydrogens is 190 g/mol. The van der Waals surface area contributed by atoms with E-state index in [4.69, 9.17) is 11.6 Å². The van der Waals surface area contributed by atoms with E-state index in [1.165, 1.54) is 5.56 Å². The van der Waals surface area contributed by atoms with Gasteiger partial charge in [-0.25, -0.2) is 4.98 Å². The lowest BCUT2D eigenvalue weighted by atomic mass is 10.1. The number of aromatic nitrogens is 1. The van der Waals surface area contributed by atoms with Crippen LogP contribution in [0.1, 0.15) is 0 Å². The molecule has 0 spiro atoms. The van der Waals surface area contributed by atoms with Crippen LogP contribution in [0.3, 0.4) is 0 Å². The number of thiophene rings is 1. The number of nitrogens with zero attached hydrogens (tertiary/aromatic N) is 1. The molecular formula is C9H6ClNS. The standard InChI is InChI=1S/C9H6ClNS/c10-9-5-7(1-3-11-9)8-2-4-12-6-8/h1-6H. The Kier molecular flexibility index (Phi) is 2.11. The van der Waals surface area contributed by atoms with Crippen molar-refractivity contribution >= 4 is 22.9 Å². The van der Waals surface area contributed by atoms with Crippen LogP contribution in [0.4, 0.5) is 0 Å². The van der Waals surface area contributed by atoms with Crippen LogP contribution >= 0.6 is 22.9 Å². The monoisotopic (exact) mass is 195 g/mol. The van der Waals surface area contributed by atoms with E-state index in [9.17, 15) is 0 Å². The first-order valence-corrected chi connectivity index (χ1v) is 4.82. The predicted octanol–water partition coefficient (Wildman–Crippen LogP) is 3.46. The van der Waals surface area contributed by atoms with Gasteiger partial charge in [0.25, 0.3) is 0 Å². The van der Waals surface area contributed by atoms with E-state index in [0.29, 0.717) is 5.15 Å². The largest absolute Gasteiger partial charge is 0.245 e. The Morgan fingerprint density at radius 3 is 2.83 bits per heavy atom. The molecule has 0 atom stereocenters. The molecule has 0 aliphatic carbocycles. The third-order valence-corrected chi connectivity index (χ3v) is 2.47. The Balaban J connectivity index is 2.48. The number of hydrogen-bond acceptors (Lipinski definition) is 2. The molecule has 2 aromatic heterocycles. The minimum Gasteiger partial charge on any atom is -0.245 e. The van der Waals surface area contributed by atoms with E-state index in [1.54, 1.807) is 17.5 Å². The van der Waals surface area contributed by atoms with Crippen LogP contribution in [0.2, 0.25) is 5.15 Å². The summed E-state index contributed by atoms with van der Waals surface area (Å²) >= 11 is 7.43. The highest BCUT2D eigenvalue weighted by Gasteiger charge is 1.97. The third-order valence-electron chi connectivity index (χ3n) is 1.58. The fourth-order valence-corrected chi connectivity index (χ4v) is 1.85. The summed E-state index contributed by atoms with van der Waals surface area (Å²) in [5.74, 6) is 0. The topological polar surface area (TPSA) is 12.9 Å². The molecule has 0 aliphatic rings. The molecule has 2 heterocycles. The Hall–Kier alpha value is -0.860. The van der Waals surface area contributed by atoms with Gasteiger partial charge in [-0.3, -0.25) is 0 Å². The number of pyridine rings is 1. The highest BCUT2D eigenvalue weighted by molar-refractivity contribution is 7.08. The molecule has 0 saturated heterocycles. The van der Waals surface area contributed by atoms with Crippen LogP contribution in [-0.2, 0) is 0 Å². The summed E-state index contributed by atoms with van der Waals surface area (Å²) in [4.78, 5) is 3.92. The fourth-order valence-electron chi connectivity index (χ4n) is 1.01. The fraction of sp³-hybridized carbons (Fsp3) is 0. The van der Waals surface area contributed by atoms with Gasteiger partial charge in [-0.15, -0.1) is 0 Å². The Morgan fingerprint density at radius 1 is 1.25 bits per heavy atom. The second kappa shape index (κ2) is 3.25. The van der Waals surface area contributed by atoms with Crippen LogP contribution in [0, 0.1) is 0 Å². The lowest BCUT2D eigenvalue weighted by Gasteiger charge is -1.95. The van der Waals surface area contributed by atoms with Crippen LogP contribution in [0.5, 0.6) is 0 Å². The van der Waals surface area contributed by atoms with E-state index >= 15 is 0 Å². The molecule has 1 nitrogen and oxygen atoms in total. The van der Waals surface area contributed by atoms with Crippen LogP contribution < -0.4 is 0 Å². The maximum absolute atomic E-state index is 5.75. The third kappa shape index (κ3) is 1.49. The minimum atomic E-state index is 0.540. The lowest BCUT2D eigenvalue weighted by molar-refractivity contribution is 1.33. The van der Waals surface area contributed by atoms with Crippen LogP contribution in [0.25, 0.3) is 11.1 Å². The van der Waals surface area contributed by atoms with Crippen molar-refractivity contribution in [2.24, 2.45) is 0 Å². The lowest BCUT2D eigenvalue weighted by Crippen LogP contribution is -1.76. The summed E-state index contributed by atoms with van der Waals surface area (Å²) in [6.45, 7) is 0. The normalized spacial score (nSPS) is 10.1. The molecule has 0 unspecified atom stereocenters. The van der Waals surface area contributed by atoms with E-state index in [0.717, 1.165) is 5.56 Å². The maximum atomic E-state index is 5.75. The molecule has 2 rings (SSSR count).